The van der Waals surface area contributed by atoms with Gasteiger partial charge in [-0.25, -0.2) is 0 Å². The van der Waals surface area contributed by atoms with E-state index in [0.717, 1.165) is 12.1 Å². The maximum atomic E-state index is 12.6. The quantitative estimate of drug-likeness (QED) is 0.879. The Morgan fingerprint density at radius 2 is 1.79 bits per heavy atom. The summed E-state index contributed by atoms with van der Waals surface area (Å²) in [6.45, 7) is -0.486. The minimum Gasteiger partial charge on any atom is -0.483 e. The van der Waals surface area contributed by atoms with E-state index >= 15 is 0 Å². The van der Waals surface area contributed by atoms with Crippen LogP contribution < -0.4 is 15.8 Å². The number of rotatable bonds is 5. The van der Waals surface area contributed by atoms with Crippen molar-refractivity contribution in [2.75, 3.05) is 11.9 Å². The molecule has 2 amide bonds. The molecule has 0 atom stereocenters. The summed E-state index contributed by atoms with van der Waals surface area (Å²) in [5.74, 6) is -1.28. The van der Waals surface area contributed by atoms with Gasteiger partial charge in [0.1, 0.15) is 5.75 Å². The summed E-state index contributed by atoms with van der Waals surface area (Å²) in [6.07, 6.45) is -4.50. The van der Waals surface area contributed by atoms with Crippen molar-refractivity contribution in [3.05, 3.63) is 59.7 Å². The number of ether oxygens (including phenoxy) is 1. The van der Waals surface area contributed by atoms with Crippen LogP contribution in [0.3, 0.4) is 0 Å². The van der Waals surface area contributed by atoms with E-state index in [9.17, 15) is 22.8 Å². The Morgan fingerprint density at radius 3 is 2.46 bits per heavy atom. The van der Waals surface area contributed by atoms with Gasteiger partial charge in [0.15, 0.2) is 6.61 Å². The Hall–Kier alpha value is -3.03. The number of nitrogens with two attached hydrogens (primary N) is 1. The third kappa shape index (κ3) is 4.48. The third-order valence-corrected chi connectivity index (χ3v) is 2.98. The smallest absolute Gasteiger partial charge is 0.416 e. The van der Waals surface area contributed by atoms with Crippen LogP contribution in [0, 0.1) is 0 Å². The van der Waals surface area contributed by atoms with Crippen LogP contribution >= 0.6 is 0 Å². The average molecular weight is 338 g/mol. The average Bonchev–Trinajstić information content (AvgIpc) is 2.52. The molecule has 0 aliphatic rings. The normalized spacial score (nSPS) is 11.0. The summed E-state index contributed by atoms with van der Waals surface area (Å²) >= 11 is 0. The van der Waals surface area contributed by atoms with Crippen molar-refractivity contribution in [2.45, 2.75) is 6.18 Å². The van der Waals surface area contributed by atoms with Crippen molar-refractivity contribution >= 4 is 17.5 Å². The molecule has 0 aliphatic heterocycles. The summed E-state index contributed by atoms with van der Waals surface area (Å²) in [6, 6.07) is 10.3. The lowest BCUT2D eigenvalue weighted by Crippen LogP contribution is -2.22. The van der Waals surface area contributed by atoms with Gasteiger partial charge in [-0.1, -0.05) is 18.2 Å². The van der Waals surface area contributed by atoms with Gasteiger partial charge in [-0.05, 0) is 30.3 Å². The van der Waals surface area contributed by atoms with Gasteiger partial charge >= 0.3 is 6.18 Å². The fourth-order valence-corrected chi connectivity index (χ4v) is 1.91. The molecule has 0 unspecified atom stereocenters. The van der Waals surface area contributed by atoms with E-state index in [1.54, 1.807) is 12.1 Å². The third-order valence-electron chi connectivity index (χ3n) is 2.98. The highest BCUT2D eigenvalue weighted by Gasteiger charge is 2.30. The molecule has 0 bridgehead atoms. The van der Waals surface area contributed by atoms with E-state index < -0.39 is 30.2 Å². The lowest BCUT2D eigenvalue weighted by molar-refractivity contribution is -0.137. The summed E-state index contributed by atoms with van der Waals surface area (Å²) < 4.78 is 43.0. The van der Waals surface area contributed by atoms with Gasteiger partial charge in [0, 0.05) is 5.69 Å². The van der Waals surface area contributed by atoms with E-state index in [2.05, 4.69) is 5.32 Å². The van der Waals surface area contributed by atoms with Crippen molar-refractivity contribution in [1.82, 2.24) is 0 Å². The number of halogens is 3. The zero-order valence-corrected chi connectivity index (χ0v) is 12.3. The summed E-state index contributed by atoms with van der Waals surface area (Å²) in [5.41, 5.74) is 4.39. The highest BCUT2D eigenvalue weighted by Crippen LogP contribution is 2.30. The number of para-hydroxylation sites is 1. The van der Waals surface area contributed by atoms with Crippen LogP contribution in [0.1, 0.15) is 15.9 Å². The number of hydrogen-bond acceptors (Lipinski definition) is 3. The number of benzene rings is 2. The second kappa shape index (κ2) is 7.03. The van der Waals surface area contributed by atoms with Gasteiger partial charge in [-0.3, -0.25) is 9.59 Å². The number of nitrogens with one attached hydrogen (secondary N) is 1. The molecule has 0 saturated heterocycles. The topological polar surface area (TPSA) is 81.4 Å². The van der Waals surface area contributed by atoms with E-state index in [0.29, 0.717) is 0 Å². The van der Waals surface area contributed by atoms with Crippen LogP contribution in [-0.2, 0) is 11.0 Å². The zero-order valence-electron chi connectivity index (χ0n) is 12.3. The zero-order chi connectivity index (χ0) is 17.7. The van der Waals surface area contributed by atoms with Crippen molar-refractivity contribution in [3.63, 3.8) is 0 Å². The van der Waals surface area contributed by atoms with E-state index in [1.807, 2.05) is 0 Å². The number of hydrogen-bond donors (Lipinski definition) is 2. The number of carbonyl (C=O) groups excluding carboxylic acids is 2. The Morgan fingerprint density at radius 1 is 1.08 bits per heavy atom. The lowest BCUT2D eigenvalue weighted by atomic mass is 10.2. The monoisotopic (exact) mass is 338 g/mol. The first kappa shape index (κ1) is 17.3. The SMILES string of the molecule is NC(=O)c1ccccc1OCC(=O)Nc1cccc(C(F)(F)F)c1. The van der Waals surface area contributed by atoms with Gasteiger partial charge in [-0.2, -0.15) is 13.2 Å². The first-order valence-corrected chi connectivity index (χ1v) is 6.76. The van der Waals surface area contributed by atoms with Crippen molar-refractivity contribution in [2.24, 2.45) is 5.73 Å². The molecule has 126 valence electrons. The van der Waals surface area contributed by atoms with Crippen LogP contribution in [-0.4, -0.2) is 18.4 Å². The number of carbonyl (C=O) groups is 2. The number of primary amides is 1. The molecular formula is C16H13F3N2O3. The minimum absolute atomic E-state index is 0.0124. The molecule has 24 heavy (non-hydrogen) atoms. The van der Waals surface area contributed by atoms with Crippen molar-refractivity contribution in [1.29, 1.82) is 0 Å². The van der Waals surface area contributed by atoms with Crippen LogP contribution in [0.15, 0.2) is 48.5 Å². The van der Waals surface area contributed by atoms with Crippen LogP contribution in [0.5, 0.6) is 5.75 Å². The van der Waals surface area contributed by atoms with Gasteiger partial charge in [0.05, 0.1) is 11.1 Å². The molecule has 0 fully saturated rings. The summed E-state index contributed by atoms with van der Waals surface area (Å²) in [5, 5.41) is 2.29. The lowest BCUT2D eigenvalue weighted by Gasteiger charge is -2.11. The Balaban J connectivity index is 2.01. The van der Waals surface area contributed by atoms with Gasteiger partial charge < -0.3 is 15.8 Å². The fraction of sp³-hybridized carbons (Fsp3) is 0.125. The molecule has 0 saturated carbocycles. The van der Waals surface area contributed by atoms with E-state index in [1.165, 1.54) is 24.3 Å². The first-order valence-electron chi connectivity index (χ1n) is 6.76. The number of anilines is 1. The number of amides is 2. The second-order valence-electron chi connectivity index (χ2n) is 4.78. The van der Waals surface area contributed by atoms with Crippen LogP contribution in [0.25, 0.3) is 0 Å². The molecule has 5 nitrogen and oxygen atoms in total. The largest absolute Gasteiger partial charge is 0.483 e. The van der Waals surface area contributed by atoms with Gasteiger partial charge in [0.2, 0.25) is 0 Å². The van der Waals surface area contributed by atoms with Crippen LogP contribution in [0.4, 0.5) is 18.9 Å². The summed E-state index contributed by atoms with van der Waals surface area (Å²) in [4.78, 5) is 23.0. The molecule has 2 aromatic rings. The maximum Gasteiger partial charge on any atom is 0.416 e. The fourth-order valence-electron chi connectivity index (χ4n) is 1.91. The van der Waals surface area contributed by atoms with E-state index in [-0.39, 0.29) is 17.0 Å². The molecule has 2 aromatic carbocycles. The highest BCUT2D eigenvalue weighted by molar-refractivity contribution is 5.96. The highest BCUT2D eigenvalue weighted by atomic mass is 19.4. The van der Waals surface area contributed by atoms with Crippen molar-refractivity contribution in [3.8, 4) is 5.75 Å². The molecule has 0 aromatic heterocycles. The molecular weight excluding hydrogens is 325 g/mol. The predicted molar refractivity (Wildman–Crippen MR) is 80.5 cm³/mol. The summed E-state index contributed by atoms with van der Waals surface area (Å²) in [7, 11) is 0. The maximum absolute atomic E-state index is 12.6. The Kier molecular flexibility index (Phi) is 5.08. The van der Waals surface area contributed by atoms with Crippen LogP contribution in [0.2, 0.25) is 0 Å². The molecule has 2 rings (SSSR count). The minimum atomic E-state index is -4.50. The molecule has 8 heteroatoms. The first-order chi connectivity index (χ1) is 11.3. The Labute approximate surface area is 135 Å². The standard InChI is InChI=1S/C16H13F3N2O3/c17-16(18,19)10-4-3-5-11(8-10)21-14(22)9-24-13-7-2-1-6-12(13)15(20)23/h1-8H,9H2,(H2,20,23)(H,21,22). The molecule has 0 spiro atoms. The van der Waals surface area contributed by atoms with Gasteiger partial charge in [0.25, 0.3) is 11.8 Å². The second-order valence-corrected chi connectivity index (χ2v) is 4.78. The molecule has 0 aliphatic carbocycles. The predicted octanol–water partition coefficient (Wildman–Crippen LogP) is 2.82. The molecule has 0 heterocycles. The molecule has 3 N–H and O–H groups in total. The van der Waals surface area contributed by atoms with Crippen molar-refractivity contribution < 1.29 is 27.5 Å². The van der Waals surface area contributed by atoms with Gasteiger partial charge in [-0.15, -0.1) is 0 Å². The van der Waals surface area contributed by atoms with E-state index in [4.69, 9.17) is 10.5 Å². The molecule has 0 radical (unpaired) electrons. The Bertz CT molecular complexity index is 760. The number of alkyl halides is 3.